The largest absolute Gasteiger partial charge is 0.478 e. The summed E-state index contributed by atoms with van der Waals surface area (Å²) >= 11 is 0. The van der Waals surface area contributed by atoms with Crippen LogP contribution in [0.25, 0.3) is 0 Å². The van der Waals surface area contributed by atoms with Gasteiger partial charge in [0.15, 0.2) is 0 Å². The third-order valence-corrected chi connectivity index (χ3v) is 2.93. The highest BCUT2D eigenvalue weighted by atomic mass is 19.1. The Bertz CT molecular complexity index is 612. The van der Waals surface area contributed by atoms with Crippen molar-refractivity contribution in [1.29, 1.82) is 5.26 Å². The molecular formula is C13H14FN3O4. The molecule has 1 aromatic carbocycles. The number of nitrogens with zero attached hydrogens (tertiary/aromatic N) is 3. The van der Waals surface area contributed by atoms with Crippen molar-refractivity contribution in [1.82, 2.24) is 0 Å². The van der Waals surface area contributed by atoms with Crippen LogP contribution in [-0.2, 0) is 0 Å². The summed E-state index contributed by atoms with van der Waals surface area (Å²) in [4.78, 5) is 22.6. The number of carboxylic acids is 1. The topological polar surface area (TPSA) is 107 Å². The highest BCUT2D eigenvalue weighted by molar-refractivity contribution is 5.90. The second-order valence-corrected chi connectivity index (χ2v) is 4.45. The first-order chi connectivity index (χ1) is 9.81. The minimum Gasteiger partial charge on any atom is -0.478 e. The molecule has 1 unspecified atom stereocenters. The van der Waals surface area contributed by atoms with E-state index in [0.29, 0.717) is 12.6 Å². The minimum absolute atomic E-state index is 0.0351. The zero-order valence-electron chi connectivity index (χ0n) is 11.5. The van der Waals surface area contributed by atoms with Crippen molar-refractivity contribution in [3.63, 3.8) is 0 Å². The number of nitriles is 1. The van der Waals surface area contributed by atoms with E-state index in [-0.39, 0.29) is 12.2 Å². The lowest BCUT2D eigenvalue weighted by molar-refractivity contribution is -0.384. The van der Waals surface area contributed by atoms with E-state index in [2.05, 4.69) is 0 Å². The predicted octanol–water partition coefficient (Wildman–Crippen LogP) is 2.42. The van der Waals surface area contributed by atoms with Crippen LogP contribution in [0.2, 0.25) is 0 Å². The van der Waals surface area contributed by atoms with Gasteiger partial charge in [-0.3, -0.25) is 10.1 Å². The van der Waals surface area contributed by atoms with Gasteiger partial charge in [0.25, 0.3) is 5.69 Å². The summed E-state index contributed by atoms with van der Waals surface area (Å²) in [6.07, 6.45) is 0. The standard InChI is InChI=1S/C13H14FN3O4/c1-3-16(7-8(2)6-15)11-5-10(14)9(13(18)19)4-12(11)17(20)21/h4-5,8H,3,7H2,1-2H3,(H,18,19). The summed E-state index contributed by atoms with van der Waals surface area (Å²) in [7, 11) is 0. The van der Waals surface area contributed by atoms with E-state index in [0.717, 1.165) is 6.07 Å². The molecule has 0 bridgehead atoms. The number of carboxylic acid groups (broad SMARTS) is 1. The van der Waals surface area contributed by atoms with Crippen molar-refractivity contribution in [2.75, 3.05) is 18.0 Å². The van der Waals surface area contributed by atoms with Crippen LogP contribution < -0.4 is 4.90 Å². The molecule has 112 valence electrons. The summed E-state index contributed by atoms with van der Waals surface area (Å²) in [5.74, 6) is -3.03. The molecule has 21 heavy (non-hydrogen) atoms. The maximum absolute atomic E-state index is 13.8. The number of nitro groups is 1. The molecule has 0 amide bonds. The first kappa shape index (κ1) is 16.4. The van der Waals surface area contributed by atoms with Crippen molar-refractivity contribution in [3.8, 4) is 6.07 Å². The third-order valence-electron chi connectivity index (χ3n) is 2.93. The number of hydrogen-bond donors (Lipinski definition) is 1. The van der Waals surface area contributed by atoms with E-state index in [1.165, 1.54) is 4.90 Å². The number of nitro benzene ring substituents is 1. The Balaban J connectivity index is 3.39. The Morgan fingerprint density at radius 3 is 2.67 bits per heavy atom. The Labute approximate surface area is 120 Å². The first-order valence-electron chi connectivity index (χ1n) is 6.17. The van der Waals surface area contributed by atoms with Gasteiger partial charge in [0, 0.05) is 25.2 Å². The van der Waals surface area contributed by atoms with Crippen LogP contribution in [0.3, 0.4) is 0 Å². The third kappa shape index (κ3) is 3.66. The second-order valence-electron chi connectivity index (χ2n) is 4.45. The number of hydrogen-bond acceptors (Lipinski definition) is 5. The van der Waals surface area contributed by atoms with Gasteiger partial charge in [-0.1, -0.05) is 0 Å². The molecule has 0 radical (unpaired) electrons. The Morgan fingerprint density at radius 1 is 1.62 bits per heavy atom. The average Bonchev–Trinajstić information content (AvgIpc) is 2.43. The van der Waals surface area contributed by atoms with Crippen molar-refractivity contribution in [2.45, 2.75) is 13.8 Å². The zero-order valence-corrected chi connectivity index (χ0v) is 11.5. The van der Waals surface area contributed by atoms with Gasteiger partial charge in [0.1, 0.15) is 17.1 Å². The van der Waals surface area contributed by atoms with Crippen molar-refractivity contribution >= 4 is 17.3 Å². The van der Waals surface area contributed by atoms with Gasteiger partial charge in [-0.2, -0.15) is 5.26 Å². The molecule has 0 saturated carbocycles. The summed E-state index contributed by atoms with van der Waals surface area (Å²) in [5, 5.41) is 28.7. The quantitative estimate of drug-likeness (QED) is 0.637. The van der Waals surface area contributed by atoms with Crippen LogP contribution in [0.4, 0.5) is 15.8 Å². The van der Waals surface area contributed by atoms with E-state index in [1.54, 1.807) is 13.8 Å². The molecule has 0 spiro atoms. The fourth-order valence-electron chi connectivity index (χ4n) is 1.88. The summed E-state index contributed by atoms with van der Waals surface area (Å²) in [5.41, 5.74) is -1.29. The van der Waals surface area contributed by atoms with Crippen LogP contribution in [0.5, 0.6) is 0 Å². The number of aromatic carboxylic acids is 1. The normalized spacial score (nSPS) is 11.5. The number of anilines is 1. The van der Waals surface area contributed by atoms with Crippen LogP contribution >= 0.6 is 0 Å². The molecular weight excluding hydrogens is 281 g/mol. The van der Waals surface area contributed by atoms with Crippen LogP contribution in [0.15, 0.2) is 12.1 Å². The molecule has 0 heterocycles. The van der Waals surface area contributed by atoms with E-state index in [1.807, 2.05) is 6.07 Å². The zero-order chi connectivity index (χ0) is 16.2. The van der Waals surface area contributed by atoms with Crippen LogP contribution in [0, 0.1) is 33.2 Å². The summed E-state index contributed by atoms with van der Waals surface area (Å²) in [6, 6.07) is 3.52. The second kappa shape index (κ2) is 6.65. The van der Waals surface area contributed by atoms with E-state index < -0.39 is 33.9 Å². The Hall–Kier alpha value is -2.69. The molecule has 0 aliphatic carbocycles. The number of halogens is 1. The maximum Gasteiger partial charge on any atom is 0.338 e. The van der Waals surface area contributed by atoms with Gasteiger partial charge in [-0.25, -0.2) is 9.18 Å². The first-order valence-corrected chi connectivity index (χ1v) is 6.17. The van der Waals surface area contributed by atoms with E-state index >= 15 is 0 Å². The molecule has 8 heteroatoms. The van der Waals surface area contributed by atoms with Gasteiger partial charge in [-0.15, -0.1) is 0 Å². The van der Waals surface area contributed by atoms with Crippen LogP contribution in [-0.4, -0.2) is 29.1 Å². The van der Waals surface area contributed by atoms with Crippen LogP contribution in [0.1, 0.15) is 24.2 Å². The van der Waals surface area contributed by atoms with Crippen molar-refractivity contribution in [2.24, 2.45) is 5.92 Å². The Kier molecular flexibility index (Phi) is 5.18. The van der Waals surface area contributed by atoms with Gasteiger partial charge < -0.3 is 10.0 Å². The molecule has 7 nitrogen and oxygen atoms in total. The number of rotatable bonds is 6. The lowest BCUT2D eigenvalue weighted by Gasteiger charge is -2.24. The number of benzene rings is 1. The molecule has 0 aromatic heterocycles. The van der Waals surface area contributed by atoms with Crippen molar-refractivity contribution < 1.29 is 19.2 Å². The highest BCUT2D eigenvalue weighted by Gasteiger charge is 2.25. The molecule has 0 fully saturated rings. The summed E-state index contributed by atoms with van der Waals surface area (Å²) in [6.45, 7) is 3.84. The van der Waals surface area contributed by atoms with Crippen molar-refractivity contribution in [3.05, 3.63) is 33.6 Å². The molecule has 0 saturated heterocycles. The van der Waals surface area contributed by atoms with Gasteiger partial charge in [0.05, 0.1) is 16.9 Å². The molecule has 0 aliphatic heterocycles. The molecule has 1 rings (SSSR count). The van der Waals surface area contributed by atoms with E-state index in [4.69, 9.17) is 10.4 Å². The molecule has 1 N–H and O–H groups in total. The maximum atomic E-state index is 13.8. The average molecular weight is 295 g/mol. The molecule has 0 aliphatic rings. The SMILES string of the molecule is CCN(CC(C)C#N)c1cc(F)c(C(=O)O)cc1[N+](=O)[O-]. The smallest absolute Gasteiger partial charge is 0.338 e. The predicted molar refractivity (Wildman–Crippen MR) is 72.7 cm³/mol. The molecule has 1 aromatic rings. The monoisotopic (exact) mass is 295 g/mol. The highest BCUT2D eigenvalue weighted by Crippen LogP contribution is 2.31. The van der Waals surface area contributed by atoms with Gasteiger partial charge in [-0.05, 0) is 13.8 Å². The summed E-state index contributed by atoms with van der Waals surface area (Å²) < 4.78 is 13.8. The lowest BCUT2D eigenvalue weighted by Crippen LogP contribution is -2.28. The fourth-order valence-corrected chi connectivity index (χ4v) is 1.88. The Morgan fingerprint density at radius 2 is 2.24 bits per heavy atom. The number of carbonyl (C=O) groups is 1. The molecule has 1 atom stereocenters. The van der Waals surface area contributed by atoms with Gasteiger partial charge in [0.2, 0.25) is 0 Å². The minimum atomic E-state index is -1.57. The lowest BCUT2D eigenvalue weighted by atomic mass is 10.1. The van der Waals surface area contributed by atoms with Gasteiger partial charge >= 0.3 is 5.97 Å². The fraction of sp³-hybridized carbons (Fsp3) is 0.385. The van der Waals surface area contributed by atoms with E-state index in [9.17, 15) is 19.3 Å².